The van der Waals surface area contributed by atoms with Crippen LogP contribution in [-0.2, 0) is 29.5 Å². The maximum absolute atomic E-state index is 17.1. The fraction of sp³-hybridized carbons (Fsp3) is 0.483. The van der Waals surface area contributed by atoms with Gasteiger partial charge in [0.2, 0.25) is 11.8 Å². The van der Waals surface area contributed by atoms with Gasteiger partial charge in [0, 0.05) is 82.4 Å². The normalized spacial score (nSPS) is 20.8. The van der Waals surface area contributed by atoms with Crippen molar-refractivity contribution in [3.05, 3.63) is 102 Å². The number of benzene rings is 3. The smallest absolute Gasteiger partial charge is 0.319 e. The predicted octanol–water partition coefficient (Wildman–Crippen LogP) is 8.39. The molecule has 0 saturated carbocycles. The van der Waals surface area contributed by atoms with E-state index in [2.05, 4.69) is 42.5 Å². The average molecular weight is 1060 g/mol. The number of anilines is 2. The second-order valence-electron chi connectivity index (χ2n) is 22.5. The Morgan fingerprint density at radius 3 is 2.42 bits per heavy atom. The number of carbonyl (C=O) groups is 2. The van der Waals surface area contributed by atoms with Crippen molar-refractivity contribution in [2.75, 3.05) is 68.8 Å². The minimum atomic E-state index is -0.553. The average Bonchev–Trinajstić information content (AvgIpc) is 4.32. The molecule has 0 spiro atoms. The molecule has 5 aliphatic rings. The van der Waals surface area contributed by atoms with E-state index in [1.165, 1.54) is 6.42 Å². The fourth-order valence-electron chi connectivity index (χ4n) is 13.2. The standard InChI is InChI=1S/C60H71FN12O5/c1-4-40-7-5-8-43-30-46(74)31-48(54(40)43)56-55(61)57-49(34-62-56)58(72-35-44-14-15-45(36-72)65-44)67-60(66-57)77-28-27-70-23-17-38(18-24-70)29-39-19-25-71(26-20-39)52-32-47(78-68-52)33-53(75)73-22-6-9-51(73)59(76)64-37(2)41-10-12-42(13-11-41)50-16-21-63-69(50)3/h5,7-8,10-13,16,21,30-32,34,37-39,44-45,51,65,74H,4,6,9,14-15,17-20,22-29,33,35-36H2,1-3H3,(H,64,76). The van der Waals surface area contributed by atoms with Crippen molar-refractivity contribution in [2.24, 2.45) is 18.9 Å². The third kappa shape index (κ3) is 10.7. The summed E-state index contributed by atoms with van der Waals surface area (Å²) in [7, 11) is 1.91. The van der Waals surface area contributed by atoms with Gasteiger partial charge >= 0.3 is 6.01 Å². The first kappa shape index (κ1) is 51.6. The Balaban J connectivity index is 0.612. The number of likely N-dealkylation sites (tertiary alicyclic amines) is 2. The van der Waals surface area contributed by atoms with Crippen molar-refractivity contribution < 1.29 is 28.3 Å². The summed E-state index contributed by atoms with van der Waals surface area (Å²) in [4.78, 5) is 50.3. The van der Waals surface area contributed by atoms with Crippen molar-refractivity contribution in [3.63, 3.8) is 0 Å². The van der Waals surface area contributed by atoms with Crippen LogP contribution in [0, 0.1) is 17.7 Å². The monoisotopic (exact) mass is 1060 g/mol. The van der Waals surface area contributed by atoms with Gasteiger partial charge in [0.15, 0.2) is 11.6 Å². The zero-order chi connectivity index (χ0) is 53.4. The molecule has 408 valence electrons. The molecule has 18 heteroatoms. The maximum atomic E-state index is 17.1. The molecule has 5 fully saturated rings. The molecule has 17 nitrogen and oxygen atoms in total. The number of ether oxygens (including phenoxy) is 1. The zero-order valence-electron chi connectivity index (χ0n) is 45.0. The van der Waals surface area contributed by atoms with E-state index in [4.69, 9.17) is 24.2 Å². The number of aromatic nitrogens is 6. The molecule has 3 aromatic carbocycles. The number of phenols is 1. The number of carbonyl (C=O) groups excluding carboxylic acids is 2. The summed E-state index contributed by atoms with van der Waals surface area (Å²) < 4.78 is 31.0. The third-order valence-electron chi connectivity index (χ3n) is 17.4. The van der Waals surface area contributed by atoms with Crippen LogP contribution in [0.2, 0.25) is 0 Å². The first-order chi connectivity index (χ1) is 38.0. The Bertz CT molecular complexity index is 3280. The Morgan fingerprint density at radius 2 is 1.68 bits per heavy atom. The quantitative estimate of drug-likeness (QED) is 0.0839. The minimum absolute atomic E-state index is 0.0519. The second-order valence-corrected chi connectivity index (χ2v) is 22.5. The van der Waals surface area contributed by atoms with Crippen LogP contribution in [0.4, 0.5) is 16.0 Å². The van der Waals surface area contributed by atoms with Crippen LogP contribution in [0.25, 0.3) is 44.2 Å². The molecule has 2 amide bonds. The number of aryl methyl sites for hydroxylation is 2. The molecule has 7 aromatic rings. The predicted molar refractivity (Wildman–Crippen MR) is 298 cm³/mol. The lowest BCUT2D eigenvalue weighted by atomic mass is 9.83. The summed E-state index contributed by atoms with van der Waals surface area (Å²) in [5, 5.41) is 28.5. The molecule has 12 rings (SSSR count). The van der Waals surface area contributed by atoms with Crippen LogP contribution >= 0.6 is 0 Å². The third-order valence-corrected chi connectivity index (χ3v) is 17.4. The van der Waals surface area contributed by atoms with Gasteiger partial charge in [0.25, 0.3) is 0 Å². The first-order valence-electron chi connectivity index (χ1n) is 28.4. The zero-order valence-corrected chi connectivity index (χ0v) is 45.0. The fourth-order valence-corrected chi connectivity index (χ4v) is 13.2. The number of pyridine rings is 1. The van der Waals surface area contributed by atoms with E-state index in [0.717, 1.165) is 136 Å². The maximum Gasteiger partial charge on any atom is 0.319 e. The molecule has 9 heterocycles. The molecule has 5 saturated heterocycles. The van der Waals surface area contributed by atoms with Crippen LogP contribution in [0.15, 0.2) is 83.6 Å². The van der Waals surface area contributed by atoms with E-state index in [-0.39, 0.29) is 47.2 Å². The lowest BCUT2D eigenvalue weighted by Crippen LogP contribution is -2.51. The molecule has 4 atom stereocenters. The number of phenolic OH excluding ortho intramolecular Hbond substituents is 1. The van der Waals surface area contributed by atoms with Crippen LogP contribution in [0.5, 0.6) is 11.8 Å². The Hall–Kier alpha value is -7.18. The molecular weight excluding hydrogens is 988 g/mol. The molecule has 5 aliphatic heterocycles. The van der Waals surface area contributed by atoms with Crippen molar-refractivity contribution in [3.8, 4) is 34.3 Å². The summed E-state index contributed by atoms with van der Waals surface area (Å²) in [5.74, 6) is 2.47. The molecule has 4 aromatic heterocycles. The number of aromatic hydroxyl groups is 1. The van der Waals surface area contributed by atoms with Crippen LogP contribution in [-0.4, -0.2) is 134 Å². The number of rotatable bonds is 16. The highest BCUT2D eigenvalue weighted by molar-refractivity contribution is 6.01. The summed E-state index contributed by atoms with van der Waals surface area (Å²) in [5.41, 5.74) is 4.96. The van der Waals surface area contributed by atoms with Crippen molar-refractivity contribution in [1.29, 1.82) is 0 Å². The molecule has 0 aliphatic carbocycles. The highest BCUT2D eigenvalue weighted by Crippen LogP contribution is 2.40. The Labute approximate surface area is 454 Å². The van der Waals surface area contributed by atoms with E-state index >= 15 is 4.39 Å². The van der Waals surface area contributed by atoms with Gasteiger partial charge in [-0.05, 0) is 142 Å². The number of amides is 2. The summed E-state index contributed by atoms with van der Waals surface area (Å²) in [6, 6.07) is 21.4. The number of nitrogens with one attached hydrogen (secondary N) is 2. The van der Waals surface area contributed by atoms with Gasteiger partial charge in [0.05, 0.1) is 23.5 Å². The Kier molecular flexibility index (Phi) is 14.7. The minimum Gasteiger partial charge on any atom is -0.508 e. The SMILES string of the molecule is CCc1cccc2cc(O)cc(-c3ncc4c(N5CC6CCC(C5)N6)nc(OCCN5CCC(CC6CCN(c7cc(CC(=O)N8CCCC8C(=O)NC(C)c8ccc(-c9ccnn9C)cc8)on7)CC6)CC5)nc4c3F)c12. The van der Waals surface area contributed by atoms with E-state index < -0.39 is 11.9 Å². The lowest BCUT2D eigenvalue weighted by molar-refractivity contribution is -0.138. The van der Waals surface area contributed by atoms with E-state index in [1.54, 1.807) is 29.4 Å². The van der Waals surface area contributed by atoms with Crippen LogP contribution in [0.1, 0.15) is 94.6 Å². The molecule has 3 N–H and O–H groups in total. The largest absolute Gasteiger partial charge is 0.508 e. The van der Waals surface area contributed by atoms with Gasteiger partial charge < -0.3 is 39.7 Å². The van der Waals surface area contributed by atoms with E-state index in [0.29, 0.717) is 66.0 Å². The van der Waals surface area contributed by atoms with Gasteiger partial charge in [-0.1, -0.05) is 54.5 Å². The van der Waals surface area contributed by atoms with E-state index in [9.17, 15) is 14.7 Å². The molecule has 78 heavy (non-hydrogen) atoms. The number of piperidine rings is 2. The number of hydrogen-bond acceptors (Lipinski definition) is 14. The van der Waals surface area contributed by atoms with Gasteiger partial charge in [0.1, 0.15) is 41.2 Å². The molecule has 0 radical (unpaired) electrons. The highest BCUT2D eigenvalue weighted by atomic mass is 19.1. The lowest BCUT2D eigenvalue weighted by Gasteiger charge is -2.36. The van der Waals surface area contributed by atoms with Gasteiger partial charge in [-0.15, -0.1) is 0 Å². The van der Waals surface area contributed by atoms with Crippen molar-refractivity contribution >= 4 is 45.1 Å². The van der Waals surface area contributed by atoms with Gasteiger partial charge in [-0.3, -0.25) is 24.2 Å². The van der Waals surface area contributed by atoms with Crippen LogP contribution < -0.4 is 25.2 Å². The number of hydrogen-bond donors (Lipinski definition) is 3. The second kappa shape index (κ2) is 22.3. The summed E-state index contributed by atoms with van der Waals surface area (Å²) in [6.45, 7) is 11.0. The van der Waals surface area contributed by atoms with Crippen molar-refractivity contribution in [1.82, 2.24) is 50.3 Å². The number of piperazine rings is 1. The summed E-state index contributed by atoms with van der Waals surface area (Å²) in [6.07, 6.45) is 13.5. The Morgan fingerprint density at radius 1 is 0.910 bits per heavy atom. The molecule has 2 bridgehead atoms. The number of fused-ring (bicyclic) bond motifs is 4. The topological polar surface area (TPSA) is 183 Å². The molecule has 4 unspecified atom stereocenters. The van der Waals surface area contributed by atoms with Crippen molar-refractivity contribution in [2.45, 2.75) is 109 Å². The first-order valence-corrected chi connectivity index (χ1v) is 28.4. The van der Waals surface area contributed by atoms with E-state index in [1.807, 2.05) is 73.3 Å². The summed E-state index contributed by atoms with van der Waals surface area (Å²) >= 11 is 0. The van der Waals surface area contributed by atoms with Gasteiger partial charge in [-0.25, -0.2) is 4.39 Å². The van der Waals surface area contributed by atoms with Gasteiger partial charge in [-0.2, -0.15) is 15.1 Å². The highest BCUT2D eigenvalue weighted by Gasteiger charge is 2.37. The number of nitrogens with zero attached hydrogens (tertiary/aromatic N) is 10. The molecular formula is C60H71FN12O5. The number of halogens is 1. The van der Waals surface area contributed by atoms with Crippen LogP contribution in [0.3, 0.4) is 0 Å².